The fraction of sp³-hybridized carbons (Fsp3) is 0.571. The number of halogens is 3. The van der Waals surface area contributed by atoms with Crippen molar-refractivity contribution >= 4 is 0 Å². The molecule has 1 heterocycles. The van der Waals surface area contributed by atoms with Crippen LogP contribution in [0.1, 0.15) is 18.2 Å². The first kappa shape index (κ1) is 9.88. The summed E-state index contributed by atoms with van der Waals surface area (Å²) in [5, 5.41) is 5.64. The van der Waals surface area contributed by atoms with E-state index in [1.165, 1.54) is 6.92 Å². The molecule has 0 radical (unpaired) electrons. The van der Waals surface area contributed by atoms with Gasteiger partial charge in [-0.2, -0.15) is 13.2 Å². The Morgan fingerprint density at radius 3 is 2.54 bits per heavy atom. The number of aromatic amines is 1. The molecule has 0 spiro atoms. The number of aromatic nitrogens is 2. The lowest BCUT2D eigenvalue weighted by molar-refractivity contribution is -0.139. The van der Waals surface area contributed by atoms with Gasteiger partial charge >= 0.3 is 6.18 Å². The van der Waals surface area contributed by atoms with Crippen molar-refractivity contribution in [2.24, 2.45) is 0 Å². The van der Waals surface area contributed by atoms with Gasteiger partial charge in [0.25, 0.3) is 0 Å². The number of nitrogens with zero attached hydrogens (tertiary/aromatic N) is 1. The van der Waals surface area contributed by atoms with Crippen LogP contribution in [0.2, 0.25) is 0 Å². The summed E-state index contributed by atoms with van der Waals surface area (Å²) in [4.78, 5) is 0. The van der Waals surface area contributed by atoms with Crippen molar-refractivity contribution in [3.8, 4) is 5.88 Å². The lowest BCUT2D eigenvalue weighted by atomic mass is 10.2. The van der Waals surface area contributed by atoms with Gasteiger partial charge < -0.3 is 4.74 Å². The summed E-state index contributed by atoms with van der Waals surface area (Å²) in [6, 6.07) is 0. The summed E-state index contributed by atoms with van der Waals surface area (Å²) in [5.41, 5.74) is -0.856. The number of rotatable bonds is 2. The highest BCUT2D eigenvalue weighted by atomic mass is 19.4. The van der Waals surface area contributed by atoms with Crippen molar-refractivity contribution in [1.29, 1.82) is 0 Å². The highest BCUT2D eigenvalue weighted by Gasteiger charge is 2.38. The lowest BCUT2D eigenvalue weighted by Crippen LogP contribution is -2.08. The van der Waals surface area contributed by atoms with Crippen molar-refractivity contribution < 1.29 is 17.9 Å². The molecule has 0 bridgehead atoms. The minimum atomic E-state index is -4.42. The van der Waals surface area contributed by atoms with Gasteiger partial charge in [0.1, 0.15) is 5.56 Å². The molecule has 3 nitrogen and oxygen atoms in total. The number of nitrogens with one attached hydrogen (secondary N) is 1. The molecule has 74 valence electrons. The van der Waals surface area contributed by atoms with Gasteiger partial charge in [-0.25, -0.2) is 0 Å². The number of hydrogen-bond donors (Lipinski definition) is 1. The van der Waals surface area contributed by atoms with Crippen LogP contribution < -0.4 is 4.74 Å². The Hall–Kier alpha value is -1.20. The van der Waals surface area contributed by atoms with Crippen LogP contribution in [0.3, 0.4) is 0 Å². The monoisotopic (exact) mass is 194 g/mol. The fourth-order valence-corrected chi connectivity index (χ4v) is 0.982. The van der Waals surface area contributed by atoms with Crippen LogP contribution >= 0.6 is 0 Å². The van der Waals surface area contributed by atoms with Gasteiger partial charge in [0.2, 0.25) is 5.88 Å². The van der Waals surface area contributed by atoms with E-state index in [1.807, 2.05) is 0 Å². The molecule has 1 aromatic rings. The molecular formula is C7H9F3N2O. The average molecular weight is 194 g/mol. The van der Waals surface area contributed by atoms with E-state index < -0.39 is 11.7 Å². The minimum Gasteiger partial charge on any atom is -0.476 e. The van der Waals surface area contributed by atoms with Crippen LogP contribution in [0.25, 0.3) is 0 Å². The lowest BCUT2D eigenvalue weighted by Gasteiger charge is -2.07. The van der Waals surface area contributed by atoms with Gasteiger partial charge in [0.05, 0.1) is 6.61 Å². The second-order valence-corrected chi connectivity index (χ2v) is 2.46. The van der Waals surface area contributed by atoms with E-state index in [4.69, 9.17) is 4.74 Å². The number of aryl methyl sites for hydroxylation is 1. The summed E-state index contributed by atoms with van der Waals surface area (Å²) >= 11 is 0. The van der Waals surface area contributed by atoms with Crippen LogP contribution in [0.5, 0.6) is 5.88 Å². The Kier molecular flexibility index (Phi) is 2.49. The van der Waals surface area contributed by atoms with E-state index in [-0.39, 0.29) is 18.2 Å². The molecule has 0 aromatic carbocycles. The summed E-state index contributed by atoms with van der Waals surface area (Å²) in [5.74, 6) is -0.382. The SMILES string of the molecule is CCOc1n[nH]c(C)c1C(F)(F)F. The van der Waals surface area contributed by atoms with Crippen molar-refractivity contribution in [1.82, 2.24) is 10.2 Å². The first-order valence-corrected chi connectivity index (χ1v) is 3.71. The zero-order valence-electron chi connectivity index (χ0n) is 7.20. The van der Waals surface area contributed by atoms with Gasteiger partial charge in [-0.1, -0.05) is 0 Å². The molecule has 0 aliphatic rings. The Morgan fingerprint density at radius 2 is 2.08 bits per heavy atom. The van der Waals surface area contributed by atoms with Gasteiger partial charge in [0, 0.05) is 5.69 Å². The predicted molar refractivity (Wildman–Crippen MR) is 39.5 cm³/mol. The molecule has 13 heavy (non-hydrogen) atoms. The Labute approximate surface area is 72.9 Å². The van der Waals surface area contributed by atoms with Gasteiger partial charge in [0.15, 0.2) is 0 Å². The Balaban J connectivity index is 3.09. The molecule has 0 amide bonds. The molecule has 0 saturated heterocycles. The first-order chi connectivity index (χ1) is 5.96. The Morgan fingerprint density at radius 1 is 1.46 bits per heavy atom. The fourth-order valence-electron chi connectivity index (χ4n) is 0.982. The van der Waals surface area contributed by atoms with Gasteiger partial charge in [-0.05, 0) is 13.8 Å². The molecule has 0 aliphatic heterocycles. The highest BCUT2D eigenvalue weighted by Crippen LogP contribution is 2.36. The van der Waals surface area contributed by atoms with Crippen LogP contribution in [0, 0.1) is 6.92 Å². The van der Waals surface area contributed by atoms with E-state index in [0.717, 1.165) is 0 Å². The predicted octanol–water partition coefficient (Wildman–Crippen LogP) is 2.14. The number of H-pyrrole nitrogens is 1. The highest BCUT2D eigenvalue weighted by molar-refractivity contribution is 5.32. The van der Waals surface area contributed by atoms with E-state index >= 15 is 0 Å². The molecule has 0 atom stereocenters. The van der Waals surface area contributed by atoms with Gasteiger partial charge in [-0.3, -0.25) is 5.10 Å². The quantitative estimate of drug-likeness (QED) is 0.783. The standard InChI is InChI=1S/C7H9F3N2O/c1-3-13-6-5(7(8,9)10)4(2)11-12-6/h3H2,1-2H3,(H,11,12). The average Bonchev–Trinajstić information content (AvgIpc) is 2.31. The summed E-state index contributed by atoms with van der Waals surface area (Å²) in [7, 11) is 0. The molecular weight excluding hydrogens is 185 g/mol. The smallest absolute Gasteiger partial charge is 0.423 e. The van der Waals surface area contributed by atoms with Crippen LogP contribution in [0.4, 0.5) is 13.2 Å². The van der Waals surface area contributed by atoms with E-state index in [1.54, 1.807) is 6.92 Å². The third-order valence-corrected chi connectivity index (χ3v) is 1.48. The number of hydrogen-bond acceptors (Lipinski definition) is 2. The van der Waals surface area contributed by atoms with Crippen molar-refractivity contribution in [2.45, 2.75) is 20.0 Å². The largest absolute Gasteiger partial charge is 0.476 e. The van der Waals surface area contributed by atoms with Crippen molar-refractivity contribution in [2.75, 3.05) is 6.61 Å². The van der Waals surface area contributed by atoms with E-state index in [2.05, 4.69) is 10.2 Å². The van der Waals surface area contributed by atoms with Gasteiger partial charge in [-0.15, -0.1) is 5.10 Å². The van der Waals surface area contributed by atoms with Crippen LogP contribution in [-0.4, -0.2) is 16.8 Å². The second kappa shape index (κ2) is 3.27. The number of alkyl halides is 3. The molecule has 6 heteroatoms. The molecule has 1 N–H and O–H groups in total. The topological polar surface area (TPSA) is 37.9 Å². The normalized spacial score (nSPS) is 11.8. The van der Waals surface area contributed by atoms with Crippen molar-refractivity contribution in [3.05, 3.63) is 11.3 Å². The maximum atomic E-state index is 12.3. The molecule has 0 aliphatic carbocycles. The third kappa shape index (κ3) is 1.93. The molecule has 0 fully saturated rings. The minimum absolute atomic E-state index is 0.0315. The summed E-state index contributed by atoms with van der Waals surface area (Å²) in [6.45, 7) is 3.07. The summed E-state index contributed by atoms with van der Waals surface area (Å²) < 4.78 is 41.7. The van der Waals surface area contributed by atoms with Crippen LogP contribution in [-0.2, 0) is 6.18 Å². The van der Waals surface area contributed by atoms with Crippen LogP contribution in [0.15, 0.2) is 0 Å². The maximum absolute atomic E-state index is 12.3. The zero-order chi connectivity index (χ0) is 10.1. The summed E-state index contributed by atoms with van der Waals surface area (Å²) in [6.07, 6.45) is -4.42. The van der Waals surface area contributed by atoms with Crippen molar-refractivity contribution in [3.63, 3.8) is 0 Å². The molecule has 1 rings (SSSR count). The zero-order valence-corrected chi connectivity index (χ0v) is 7.20. The molecule has 1 aromatic heterocycles. The second-order valence-electron chi connectivity index (χ2n) is 2.46. The molecule has 0 unspecified atom stereocenters. The maximum Gasteiger partial charge on any atom is 0.423 e. The first-order valence-electron chi connectivity index (χ1n) is 3.71. The van der Waals surface area contributed by atoms with E-state index in [9.17, 15) is 13.2 Å². The Bertz CT molecular complexity index is 292. The van der Waals surface area contributed by atoms with E-state index in [0.29, 0.717) is 0 Å². The number of ether oxygens (including phenoxy) is 1. The third-order valence-electron chi connectivity index (χ3n) is 1.48. The molecule has 0 saturated carbocycles.